The zero-order chi connectivity index (χ0) is 14.0. The number of rotatable bonds is 4. The van der Waals surface area contributed by atoms with Crippen LogP contribution in [0.2, 0.25) is 5.02 Å². The molecule has 0 saturated carbocycles. The lowest BCUT2D eigenvalue weighted by atomic mass is 10.2. The van der Waals surface area contributed by atoms with E-state index in [-0.39, 0.29) is 5.76 Å². The highest BCUT2D eigenvalue weighted by Crippen LogP contribution is 2.26. The van der Waals surface area contributed by atoms with Crippen molar-refractivity contribution >= 4 is 39.2 Å². The minimum atomic E-state index is -1.06. The van der Waals surface area contributed by atoms with E-state index < -0.39 is 5.97 Å². The molecular weight excluding hydrogens is 334 g/mol. The van der Waals surface area contributed by atoms with E-state index in [0.29, 0.717) is 22.9 Å². The van der Waals surface area contributed by atoms with Gasteiger partial charge < -0.3 is 14.8 Å². The smallest absolute Gasteiger partial charge is 0.372 e. The van der Waals surface area contributed by atoms with Crippen molar-refractivity contribution < 1.29 is 14.3 Å². The Kier molecular flexibility index (Phi) is 4.17. The maximum Gasteiger partial charge on any atom is 0.372 e. The zero-order valence-electron chi connectivity index (χ0n) is 10.0. The molecule has 19 heavy (non-hydrogen) atoms. The average molecular weight is 345 g/mol. The van der Waals surface area contributed by atoms with Gasteiger partial charge in [0.05, 0.1) is 17.3 Å². The Morgan fingerprint density at radius 1 is 1.47 bits per heavy atom. The number of aromatic carboxylic acids is 1. The van der Waals surface area contributed by atoms with Crippen molar-refractivity contribution in [3.63, 3.8) is 0 Å². The Bertz CT molecular complexity index is 624. The second-order valence-electron chi connectivity index (χ2n) is 4.01. The predicted molar refractivity (Wildman–Crippen MR) is 76.9 cm³/mol. The minimum absolute atomic E-state index is 0.0290. The van der Waals surface area contributed by atoms with E-state index in [1.807, 2.05) is 12.1 Å². The van der Waals surface area contributed by atoms with Crippen LogP contribution in [0.1, 0.15) is 21.9 Å². The number of anilines is 1. The maximum absolute atomic E-state index is 10.9. The van der Waals surface area contributed by atoms with Gasteiger partial charge in [-0.1, -0.05) is 27.5 Å². The average Bonchev–Trinajstić information content (AvgIpc) is 2.69. The van der Waals surface area contributed by atoms with Gasteiger partial charge in [0.1, 0.15) is 5.76 Å². The number of carboxylic acid groups (broad SMARTS) is 1. The summed E-state index contributed by atoms with van der Waals surface area (Å²) in [5.74, 6) is -0.544. The summed E-state index contributed by atoms with van der Waals surface area (Å²) in [5.41, 5.74) is 1.36. The van der Waals surface area contributed by atoms with E-state index in [2.05, 4.69) is 21.2 Å². The van der Waals surface area contributed by atoms with Crippen LogP contribution in [0.4, 0.5) is 5.69 Å². The summed E-state index contributed by atoms with van der Waals surface area (Å²) < 4.78 is 6.14. The third-order valence-electron chi connectivity index (χ3n) is 2.55. The third-order valence-corrected chi connectivity index (χ3v) is 3.35. The van der Waals surface area contributed by atoms with E-state index >= 15 is 0 Å². The molecule has 0 bridgehead atoms. The van der Waals surface area contributed by atoms with Gasteiger partial charge in [-0.15, -0.1) is 0 Å². The molecule has 1 heterocycles. The molecule has 0 saturated heterocycles. The molecule has 2 aromatic rings. The maximum atomic E-state index is 10.9. The first-order valence-corrected chi connectivity index (χ1v) is 6.66. The van der Waals surface area contributed by atoms with Crippen molar-refractivity contribution in [2.75, 3.05) is 5.32 Å². The normalized spacial score (nSPS) is 10.5. The fourth-order valence-electron chi connectivity index (χ4n) is 1.66. The predicted octanol–water partition coefficient (Wildman–Crippen LogP) is 4.31. The van der Waals surface area contributed by atoms with Gasteiger partial charge in [0.15, 0.2) is 0 Å². The van der Waals surface area contributed by atoms with Gasteiger partial charge >= 0.3 is 5.97 Å². The molecule has 0 aliphatic carbocycles. The number of hydrogen-bond donors (Lipinski definition) is 2. The summed E-state index contributed by atoms with van der Waals surface area (Å²) in [5, 5.41) is 12.6. The molecule has 1 aromatic carbocycles. The molecule has 2 rings (SSSR count). The number of hydrogen-bond acceptors (Lipinski definition) is 3. The number of halogens is 2. The number of aryl methyl sites for hydroxylation is 1. The van der Waals surface area contributed by atoms with Crippen LogP contribution in [0, 0.1) is 6.92 Å². The zero-order valence-corrected chi connectivity index (χ0v) is 12.4. The summed E-state index contributed by atoms with van der Waals surface area (Å²) in [4.78, 5) is 10.9. The van der Waals surface area contributed by atoms with Crippen LogP contribution < -0.4 is 5.32 Å². The lowest BCUT2D eigenvalue weighted by Crippen LogP contribution is -1.99. The summed E-state index contributed by atoms with van der Waals surface area (Å²) >= 11 is 9.39. The molecule has 0 unspecified atom stereocenters. The number of furan rings is 1. The highest BCUT2D eigenvalue weighted by Gasteiger charge is 2.14. The van der Waals surface area contributed by atoms with Gasteiger partial charge in [-0.05, 0) is 31.2 Å². The lowest BCUT2D eigenvalue weighted by molar-refractivity contribution is 0.0659. The molecule has 4 nitrogen and oxygen atoms in total. The number of carboxylic acids is 1. The number of nitrogens with one attached hydrogen (secondary N) is 1. The summed E-state index contributed by atoms with van der Waals surface area (Å²) in [6, 6.07) is 7.17. The van der Waals surface area contributed by atoms with Crippen LogP contribution in [-0.2, 0) is 6.54 Å². The SMILES string of the molecule is Cc1cc(CNc2ccc(Br)cc2Cl)oc1C(=O)O. The Balaban J connectivity index is 2.10. The van der Waals surface area contributed by atoms with Gasteiger partial charge in [0.2, 0.25) is 5.76 Å². The van der Waals surface area contributed by atoms with Crippen LogP contribution >= 0.6 is 27.5 Å². The number of carbonyl (C=O) groups is 1. The van der Waals surface area contributed by atoms with E-state index in [4.69, 9.17) is 21.1 Å². The fourth-order valence-corrected chi connectivity index (χ4v) is 2.40. The Labute approximate surface area is 123 Å². The second kappa shape index (κ2) is 5.67. The van der Waals surface area contributed by atoms with E-state index in [1.54, 1.807) is 19.1 Å². The fraction of sp³-hybridized carbons (Fsp3) is 0.154. The lowest BCUT2D eigenvalue weighted by Gasteiger charge is -2.06. The van der Waals surface area contributed by atoms with Gasteiger partial charge in [-0.25, -0.2) is 4.79 Å². The largest absolute Gasteiger partial charge is 0.475 e. The van der Waals surface area contributed by atoms with Crippen LogP contribution in [0.25, 0.3) is 0 Å². The summed E-state index contributed by atoms with van der Waals surface area (Å²) in [6.45, 7) is 2.07. The van der Waals surface area contributed by atoms with Crippen molar-refractivity contribution in [1.82, 2.24) is 0 Å². The van der Waals surface area contributed by atoms with Crippen LogP contribution in [0.3, 0.4) is 0 Å². The molecule has 100 valence electrons. The highest BCUT2D eigenvalue weighted by atomic mass is 79.9. The Morgan fingerprint density at radius 3 is 2.79 bits per heavy atom. The molecule has 0 amide bonds. The molecule has 0 atom stereocenters. The van der Waals surface area contributed by atoms with E-state index in [1.165, 1.54) is 0 Å². The molecule has 0 aliphatic rings. The van der Waals surface area contributed by atoms with Crippen LogP contribution in [-0.4, -0.2) is 11.1 Å². The standard InChI is InChI=1S/C13H11BrClNO3/c1-7-4-9(19-12(7)13(17)18)6-16-11-3-2-8(14)5-10(11)15/h2-5,16H,6H2,1H3,(H,17,18). The van der Waals surface area contributed by atoms with Crippen LogP contribution in [0.15, 0.2) is 33.2 Å². The van der Waals surface area contributed by atoms with Crippen LogP contribution in [0.5, 0.6) is 0 Å². The highest BCUT2D eigenvalue weighted by molar-refractivity contribution is 9.10. The Morgan fingerprint density at radius 2 is 2.21 bits per heavy atom. The van der Waals surface area contributed by atoms with Gasteiger partial charge in [0, 0.05) is 10.0 Å². The monoisotopic (exact) mass is 343 g/mol. The molecule has 1 aromatic heterocycles. The first-order valence-electron chi connectivity index (χ1n) is 5.49. The Hall–Kier alpha value is -1.46. The topological polar surface area (TPSA) is 62.5 Å². The van der Waals surface area contributed by atoms with Gasteiger partial charge in [-0.2, -0.15) is 0 Å². The van der Waals surface area contributed by atoms with Crippen molar-refractivity contribution in [2.45, 2.75) is 13.5 Å². The molecular formula is C13H11BrClNO3. The quantitative estimate of drug-likeness (QED) is 0.867. The molecule has 2 N–H and O–H groups in total. The first-order chi connectivity index (χ1) is 8.97. The van der Waals surface area contributed by atoms with Crippen molar-refractivity contribution in [1.29, 1.82) is 0 Å². The summed E-state index contributed by atoms with van der Waals surface area (Å²) in [7, 11) is 0. The third kappa shape index (κ3) is 3.30. The molecule has 0 fully saturated rings. The molecule has 0 spiro atoms. The van der Waals surface area contributed by atoms with Gasteiger partial charge in [0.25, 0.3) is 0 Å². The van der Waals surface area contributed by atoms with Crippen molar-refractivity contribution in [3.8, 4) is 0 Å². The minimum Gasteiger partial charge on any atom is -0.475 e. The summed E-state index contributed by atoms with van der Waals surface area (Å²) in [6.07, 6.45) is 0. The second-order valence-corrected chi connectivity index (χ2v) is 5.33. The van der Waals surface area contributed by atoms with E-state index in [9.17, 15) is 4.79 Å². The first kappa shape index (κ1) is 14.0. The van der Waals surface area contributed by atoms with Crippen molar-refractivity contribution in [2.24, 2.45) is 0 Å². The molecule has 6 heteroatoms. The van der Waals surface area contributed by atoms with E-state index in [0.717, 1.165) is 10.2 Å². The van der Waals surface area contributed by atoms with Crippen molar-refractivity contribution in [3.05, 3.63) is 50.8 Å². The number of benzene rings is 1. The van der Waals surface area contributed by atoms with Gasteiger partial charge in [-0.3, -0.25) is 0 Å². The molecule has 0 aliphatic heterocycles. The molecule has 0 radical (unpaired) electrons.